The van der Waals surface area contributed by atoms with E-state index in [0.29, 0.717) is 17.0 Å². The molecule has 0 saturated heterocycles. The van der Waals surface area contributed by atoms with Gasteiger partial charge in [-0.1, -0.05) is 12.1 Å². The standard InChI is InChI=1S/C14H14FNO2/c15-12-4-11(5-13(16)7-12)9-18-14-3-1-2-10(6-14)8-17/h1-7,17H,8-9,16H2. The van der Waals surface area contributed by atoms with Gasteiger partial charge in [-0.25, -0.2) is 4.39 Å². The number of ether oxygens (including phenoxy) is 1. The quantitative estimate of drug-likeness (QED) is 0.816. The number of nitrogens with two attached hydrogens (primary N) is 1. The lowest BCUT2D eigenvalue weighted by Crippen LogP contribution is -1.98. The van der Waals surface area contributed by atoms with Gasteiger partial charge in [0.05, 0.1) is 6.61 Å². The lowest BCUT2D eigenvalue weighted by molar-refractivity contribution is 0.278. The molecule has 4 heteroatoms. The molecule has 0 bridgehead atoms. The monoisotopic (exact) mass is 247 g/mol. The van der Waals surface area contributed by atoms with Gasteiger partial charge in [0.25, 0.3) is 0 Å². The first-order valence-corrected chi connectivity index (χ1v) is 5.55. The minimum atomic E-state index is -0.377. The molecule has 18 heavy (non-hydrogen) atoms. The van der Waals surface area contributed by atoms with Crippen molar-refractivity contribution in [3.05, 3.63) is 59.4 Å². The van der Waals surface area contributed by atoms with E-state index in [0.717, 1.165) is 5.56 Å². The van der Waals surface area contributed by atoms with Crippen LogP contribution in [0.2, 0.25) is 0 Å². The van der Waals surface area contributed by atoms with Crippen molar-refractivity contribution < 1.29 is 14.2 Å². The molecule has 0 saturated carbocycles. The molecule has 3 nitrogen and oxygen atoms in total. The Morgan fingerprint density at radius 1 is 1.11 bits per heavy atom. The van der Waals surface area contributed by atoms with E-state index < -0.39 is 0 Å². The third-order valence-corrected chi connectivity index (χ3v) is 2.47. The van der Waals surface area contributed by atoms with Crippen LogP contribution in [0.5, 0.6) is 5.75 Å². The van der Waals surface area contributed by atoms with Gasteiger partial charge in [0.1, 0.15) is 18.2 Å². The van der Waals surface area contributed by atoms with Crippen molar-refractivity contribution in [1.82, 2.24) is 0 Å². The Morgan fingerprint density at radius 3 is 2.67 bits per heavy atom. The minimum absolute atomic E-state index is 0.0376. The van der Waals surface area contributed by atoms with Gasteiger partial charge < -0.3 is 15.6 Å². The number of hydrogen-bond donors (Lipinski definition) is 2. The fourth-order valence-electron chi connectivity index (χ4n) is 1.66. The van der Waals surface area contributed by atoms with Gasteiger partial charge in [0.2, 0.25) is 0 Å². The van der Waals surface area contributed by atoms with E-state index in [9.17, 15) is 4.39 Å². The highest BCUT2D eigenvalue weighted by molar-refractivity contribution is 5.41. The Hall–Kier alpha value is -2.07. The van der Waals surface area contributed by atoms with Gasteiger partial charge >= 0.3 is 0 Å². The second-order valence-corrected chi connectivity index (χ2v) is 3.99. The summed E-state index contributed by atoms with van der Waals surface area (Å²) in [6.07, 6.45) is 0. The van der Waals surface area contributed by atoms with Gasteiger partial charge in [-0.3, -0.25) is 0 Å². The van der Waals surface area contributed by atoms with Gasteiger partial charge in [-0.2, -0.15) is 0 Å². The predicted molar refractivity (Wildman–Crippen MR) is 67.5 cm³/mol. The molecule has 0 fully saturated rings. The maximum absolute atomic E-state index is 13.1. The molecule has 2 aromatic carbocycles. The Bertz CT molecular complexity index is 523. The molecule has 0 spiro atoms. The fraction of sp³-hybridized carbons (Fsp3) is 0.143. The molecule has 2 aromatic rings. The minimum Gasteiger partial charge on any atom is -0.489 e. The molecule has 0 heterocycles. The molecule has 0 aliphatic heterocycles. The highest BCUT2D eigenvalue weighted by Crippen LogP contribution is 2.17. The van der Waals surface area contributed by atoms with E-state index in [1.165, 1.54) is 12.1 Å². The third-order valence-electron chi connectivity index (χ3n) is 2.47. The Balaban J connectivity index is 2.06. The number of benzene rings is 2. The molecule has 0 aliphatic rings. The maximum Gasteiger partial charge on any atom is 0.125 e. The molecular weight excluding hydrogens is 233 g/mol. The van der Waals surface area contributed by atoms with E-state index in [1.54, 1.807) is 30.3 Å². The summed E-state index contributed by atoms with van der Waals surface area (Å²) in [6.45, 7) is 0.195. The summed E-state index contributed by atoms with van der Waals surface area (Å²) in [4.78, 5) is 0. The number of aliphatic hydroxyl groups excluding tert-OH is 1. The Kier molecular flexibility index (Phi) is 3.79. The summed E-state index contributed by atoms with van der Waals surface area (Å²) in [5.41, 5.74) is 7.36. The summed E-state index contributed by atoms with van der Waals surface area (Å²) in [5, 5.41) is 9.00. The smallest absolute Gasteiger partial charge is 0.125 e. The highest BCUT2D eigenvalue weighted by Gasteiger charge is 2.01. The number of rotatable bonds is 4. The average Bonchev–Trinajstić information content (AvgIpc) is 2.35. The van der Waals surface area contributed by atoms with Crippen LogP contribution in [0.15, 0.2) is 42.5 Å². The van der Waals surface area contributed by atoms with Crippen molar-refractivity contribution in [3.8, 4) is 5.75 Å². The van der Waals surface area contributed by atoms with Crippen molar-refractivity contribution in [2.75, 3.05) is 5.73 Å². The van der Waals surface area contributed by atoms with Gasteiger partial charge in [0, 0.05) is 5.69 Å². The van der Waals surface area contributed by atoms with Gasteiger partial charge in [-0.15, -0.1) is 0 Å². The van der Waals surface area contributed by atoms with Crippen LogP contribution in [-0.2, 0) is 13.2 Å². The van der Waals surface area contributed by atoms with E-state index >= 15 is 0 Å². The number of hydrogen-bond acceptors (Lipinski definition) is 3. The summed E-state index contributed by atoms with van der Waals surface area (Å²) < 4.78 is 18.6. The SMILES string of the molecule is Nc1cc(F)cc(COc2cccc(CO)c2)c1. The van der Waals surface area contributed by atoms with E-state index in [2.05, 4.69) is 0 Å². The van der Waals surface area contributed by atoms with E-state index in [1.807, 2.05) is 0 Å². The first-order valence-electron chi connectivity index (χ1n) is 5.55. The molecule has 94 valence electrons. The summed E-state index contributed by atoms with van der Waals surface area (Å²) in [5.74, 6) is 0.252. The first kappa shape index (κ1) is 12.4. The van der Waals surface area contributed by atoms with Crippen molar-refractivity contribution in [3.63, 3.8) is 0 Å². The fourth-order valence-corrected chi connectivity index (χ4v) is 1.66. The number of halogens is 1. The largest absolute Gasteiger partial charge is 0.489 e. The van der Waals surface area contributed by atoms with Crippen molar-refractivity contribution in [1.29, 1.82) is 0 Å². The molecule has 3 N–H and O–H groups in total. The van der Waals surface area contributed by atoms with Crippen molar-refractivity contribution in [2.24, 2.45) is 0 Å². The van der Waals surface area contributed by atoms with Crippen LogP contribution in [0.1, 0.15) is 11.1 Å². The Morgan fingerprint density at radius 2 is 1.94 bits per heavy atom. The zero-order valence-electron chi connectivity index (χ0n) is 9.77. The third kappa shape index (κ3) is 3.21. The van der Waals surface area contributed by atoms with Gasteiger partial charge in [-0.05, 0) is 41.5 Å². The lowest BCUT2D eigenvalue weighted by atomic mass is 10.2. The second-order valence-electron chi connectivity index (χ2n) is 3.99. The summed E-state index contributed by atoms with van der Waals surface area (Å²) >= 11 is 0. The number of aliphatic hydroxyl groups is 1. The lowest BCUT2D eigenvalue weighted by Gasteiger charge is -2.08. The predicted octanol–water partition coefficient (Wildman–Crippen LogP) is 2.48. The molecule has 0 atom stereocenters. The van der Waals surface area contributed by atoms with Crippen molar-refractivity contribution in [2.45, 2.75) is 13.2 Å². The number of nitrogen functional groups attached to an aromatic ring is 1. The van der Waals surface area contributed by atoms with Crippen LogP contribution in [0, 0.1) is 5.82 Å². The first-order chi connectivity index (χ1) is 8.67. The molecule has 0 unspecified atom stereocenters. The van der Waals surface area contributed by atoms with Crippen LogP contribution in [-0.4, -0.2) is 5.11 Å². The van der Waals surface area contributed by atoms with Crippen LogP contribution < -0.4 is 10.5 Å². The molecule has 0 aromatic heterocycles. The second kappa shape index (κ2) is 5.51. The number of anilines is 1. The van der Waals surface area contributed by atoms with E-state index in [4.69, 9.17) is 15.6 Å². The van der Waals surface area contributed by atoms with Crippen LogP contribution in [0.4, 0.5) is 10.1 Å². The normalized spacial score (nSPS) is 10.3. The molecule has 0 amide bonds. The van der Waals surface area contributed by atoms with Crippen LogP contribution in [0.3, 0.4) is 0 Å². The molecule has 0 aliphatic carbocycles. The maximum atomic E-state index is 13.1. The van der Waals surface area contributed by atoms with Gasteiger partial charge in [0.15, 0.2) is 0 Å². The van der Waals surface area contributed by atoms with E-state index in [-0.39, 0.29) is 19.0 Å². The molecule has 2 rings (SSSR count). The zero-order valence-corrected chi connectivity index (χ0v) is 9.77. The summed E-state index contributed by atoms with van der Waals surface area (Å²) in [7, 11) is 0. The average molecular weight is 247 g/mol. The summed E-state index contributed by atoms with van der Waals surface area (Å²) in [6, 6.07) is 11.4. The van der Waals surface area contributed by atoms with Crippen molar-refractivity contribution >= 4 is 5.69 Å². The molecular formula is C14H14FNO2. The molecule has 0 radical (unpaired) electrons. The van der Waals surface area contributed by atoms with Crippen LogP contribution >= 0.6 is 0 Å². The highest BCUT2D eigenvalue weighted by atomic mass is 19.1. The zero-order chi connectivity index (χ0) is 13.0. The topological polar surface area (TPSA) is 55.5 Å². The Labute approximate surface area is 105 Å². The van der Waals surface area contributed by atoms with Crippen LogP contribution in [0.25, 0.3) is 0 Å².